The van der Waals surface area contributed by atoms with Crippen molar-refractivity contribution in [3.05, 3.63) is 0 Å². The Morgan fingerprint density at radius 1 is 0.367 bits per heavy atom. The molecule has 0 heterocycles. The van der Waals surface area contributed by atoms with E-state index in [1.807, 2.05) is 0 Å². The predicted octanol–water partition coefficient (Wildman–Crippen LogP) is 13.3. The maximum absolute atomic E-state index is 11.4. The normalized spacial score (nSPS) is 14.6. The van der Waals surface area contributed by atoms with Gasteiger partial charge in [0.25, 0.3) is 0 Å². The summed E-state index contributed by atoms with van der Waals surface area (Å²) in [5.41, 5.74) is 0. The number of rotatable bonds is 33. The molecule has 9 nitrogen and oxygen atoms in total. The minimum atomic E-state index is -2.24. The second-order valence-electron chi connectivity index (χ2n) is 12.5. The molecule has 0 aliphatic heterocycles. The predicted molar refractivity (Wildman–Crippen MR) is 207 cm³/mol. The van der Waals surface area contributed by atoms with Crippen molar-refractivity contribution in [2.24, 2.45) is 17.8 Å². The van der Waals surface area contributed by atoms with E-state index in [-0.39, 0.29) is 16.8 Å². The molecule has 6 unspecified atom stereocenters. The third-order valence-electron chi connectivity index (χ3n) is 8.09. The summed E-state index contributed by atoms with van der Waals surface area (Å²) in [5.74, 6) is 1.59. The molecule has 0 spiro atoms. The van der Waals surface area contributed by atoms with Crippen LogP contribution < -0.4 is 0 Å². The average Bonchev–Trinajstić information content (AvgIpc) is 3.09. The van der Waals surface area contributed by atoms with E-state index in [4.69, 9.17) is 27.1 Å². The first kappa shape index (κ1) is 56.7. The van der Waals surface area contributed by atoms with Gasteiger partial charge in [0.1, 0.15) is 0 Å². The average molecular weight is 810 g/mol. The van der Waals surface area contributed by atoms with Crippen LogP contribution >= 0.6 is 24.8 Å². The Labute approximate surface area is 316 Å². The molecule has 0 fully saturated rings. The van der Waals surface area contributed by atoms with Gasteiger partial charge in [0.2, 0.25) is 0 Å². The molecule has 0 saturated heterocycles. The minimum absolute atomic E-state index is 0. The third-order valence-corrected chi connectivity index (χ3v) is 10.6. The van der Waals surface area contributed by atoms with Crippen LogP contribution in [0.1, 0.15) is 178 Å². The molecule has 0 aliphatic carbocycles. The fourth-order valence-corrected chi connectivity index (χ4v) is 6.57. The Morgan fingerprint density at radius 2 is 0.592 bits per heavy atom. The summed E-state index contributed by atoms with van der Waals surface area (Å²) in [7, 11) is -6.72. The van der Waals surface area contributed by atoms with Gasteiger partial charge in [-0.05, 0) is 56.3 Å². The Kier molecular flexibility index (Phi) is 54.4. The summed E-state index contributed by atoms with van der Waals surface area (Å²) < 4.78 is 65.2. The molecular formula is C36H81CoO9P3. The number of unbranched alkanes of at least 4 members (excludes halogenated alkanes) is 6. The number of hydrogen-bond donors (Lipinski definition) is 0. The van der Waals surface area contributed by atoms with Crippen molar-refractivity contribution < 1.29 is 57.6 Å². The summed E-state index contributed by atoms with van der Waals surface area (Å²) in [4.78, 5) is 0. The molecule has 6 atom stereocenters. The van der Waals surface area contributed by atoms with Gasteiger partial charge in [-0.25, -0.2) is 0 Å². The Balaban J connectivity index is -0.000000307. The first-order valence-corrected chi connectivity index (χ1v) is 23.3. The van der Waals surface area contributed by atoms with E-state index in [0.717, 1.165) is 77.0 Å². The van der Waals surface area contributed by atoms with Gasteiger partial charge in [0.05, 0.1) is 39.6 Å². The van der Waals surface area contributed by atoms with Crippen LogP contribution in [0.25, 0.3) is 0 Å². The second-order valence-corrected chi connectivity index (χ2v) is 15.8. The Hall–Kier alpha value is 0.956. The zero-order valence-corrected chi connectivity index (χ0v) is 37.3. The molecule has 13 heteroatoms. The van der Waals surface area contributed by atoms with Crippen LogP contribution in [0.5, 0.6) is 0 Å². The summed E-state index contributed by atoms with van der Waals surface area (Å²) >= 11 is 0. The van der Waals surface area contributed by atoms with Crippen molar-refractivity contribution in [2.75, 3.05) is 39.6 Å². The van der Waals surface area contributed by atoms with Gasteiger partial charge in [-0.3, -0.25) is 13.7 Å². The molecule has 0 aromatic heterocycles. The zero-order valence-electron chi connectivity index (χ0n) is 33.2. The summed E-state index contributed by atoms with van der Waals surface area (Å²) in [6.07, 6.45) is 20.1. The van der Waals surface area contributed by atoms with Crippen LogP contribution in [0.4, 0.5) is 0 Å². The topological polar surface area (TPSA) is 107 Å². The van der Waals surface area contributed by atoms with Crippen LogP contribution in [0.15, 0.2) is 0 Å². The van der Waals surface area contributed by atoms with E-state index in [1.54, 1.807) is 0 Å². The molecule has 0 aromatic rings. The molecule has 0 rings (SSSR count). The summed E-state index contributed by atoms with van der Waals surface area (Å²) in [6.45, 7) is 22.7. The van der Waals surface area contributed by atoms with Crippen molar-refractivity contribution in [1.29, 1.82) is 0 Å². The van der Waals surface area contributed by atoms with Crippen molar-refractivity contribution in [3.8, 4) is 0 Å². The standard InChI is InChI=1S/3C12H27O3P.Co/c3*1-4-7-9-12(6-3)11-15-16(13)14-10-8-5-2;/h3*12,16H,4-11H2,1-3H3;. The smallest absolute Gasteiger partial charge is 0.311 e. The van der Waals surface area contributed by atoms with E-state index >= 15 is 0 Å². The van der Waals surface area contributed by atoms with Gasteiger partial charge in [-0.1, -0.05) is 139 Å². The second kappa shape index (κ2) is 47.0. The van der Waals surface area contributed by atoms with Crippen molar-refractivity contribution in [1.82, 2.24) is 0 Å². The number of hydrogen-bond acceptors (Lipinski definition) is 9. The van der Waals surface area contributed by atoms with Gasteiger partial charge in [-0.2, -0.15) is 0 Å². The zero-order chi connectivity index (χ0) is 36.7. The fraction of sp³-hybridized carbons (Fsp3) is 1.00. The van der Waals surface area contributed by atoms with E-state index in [0.29, 0.717) is 57.4 Å². The van der Waals surface area contributed by atoms with Crippen LogP contribution in [0, 0.1) is 17.8 Å². The van der Waals surface area contributed by atoms with Crippen LogP contribution in [0.2, 0.25) is 0 Å². The van der Waals surface area contributed by atoms with E-state index in [2.05, 4.69) is 62.3 Å². The van der Waals surface area contributed by atoms with Crippen LogP contribution in [-0.2, 0) is 57.6 Å². The molecule has 49 heavy (non-hydrogen) atoms. The molecule has 0 aromatic carbocycles. The van der Waals surface area contributed by atoms with Crippen molar-refractivity contribution >= 4 is 24.8 Å². The first-order valence-electron chi connectivity index (χ1n) is 19.6. The van der Waals surface area contributed by atoms with Crippen molar-refractivity contribution in [3.63, 3.8) is 0 Å². The van der Waals surface area contributed by atoms with Gasteiger partial charge in [0, 0.05) is 16.8 Å². The maximum atomic E-state index is 11.4. The van der Waals surface area contributed by atoms with E-state index < -0.39 is 24.8 Å². The molecule has 0 N–H and O–H groups in total. The largest absolute Gasteiger partial charge is 0.319 e. The Bertz CT molecular complexity index is 618. The minimum Gasteiger partial charge on any atom is -0.311 e. The van der Waals surface area contributed by atoms with E-state index in [1.165, 1.54) is 38.5 Å². The quantitative estimate of drug-likeness (QED) is 0.0473. The monoisotopic (exact) mass is 809 g/mol. The van der Waals surface area contributed by atoms with Crippen molar-refractivity contribution in [2.45, 2.75) is 178 Å². The first-order chi connectivity index (χ1) is 23.2. The van der Waals surface area contributed by atoms with Gasteiger partial charge in [0.15, 0.2) is 0 Å². The molecule has 303 valence electrons. The fourth-order valence-electron chi connectivity index (χ4n) is 4.28. The molecular weight excluding hydrogens is 728 g/mol. The molecule has 0 saturated carbocycles. The molecule has 0 amide bonds. The third kappa shape index (κ3) is 45.0. The van der Waals surface area contributed by atoms with Gasteiger partial charge in [-0.15, -0.1) is 0 Å². The molecule has 0 aliphatic rings. The van der Waals surface area contributed by atoms with Gasteiger partial charge >= 0.3 is 24.8 Å². The Morgan fingerprint density at radius 3 is 0.776 bits per heavy atom. The molecule has 0 bridgehead atoms. The summed E-state index contributed by atoms with van der Waals surface area (Å²) in [5, 5.41) is 0. The van der Waals surface area contributed by atoms with Gasteiger partial charge < -0.3 is 27.1 Å². The summed E-state index contributed by atoms with van der Waals surface area (Å²) in [6, 6.07) is 0. The van der Waals surface area contributed by atoms with E-state index in [9.17, 15) is 13.7 Å². The van der Waals surface area contributed by atoms with Crippen LogP contribution in [-0.4, -0.2) is 39.6 Å². The van der Waals surface area contributed by atoms with Crippen LogP contribution in [0.3, 0.4) is 0 Å². The molecule has 1 radical (unpaired) electrons. The maximum Gasteiger partial charge on any atom is 0.319 e. The SMILES string of the molecule is CCCCO[PH](=O)OCC(CC)CCCC.CCCCO[PH](=O)OCC(CC)CCCC.CCCCO[PH](=O)OCC(CC)CCCC.[Co].